The molecule has 1 aromatic heterocycles. The molecule has 4 aromatic rings. The number of aromatic nitrogens is 2. The number of nitrogens with zero attached hydrogens (tertiary/aromatic N) is 3. The van der Waals surface area contributed by atoms with E-state index in [2.05, 4.69) is 5.32 Å². The SMILES string of the molecule is COc1ccc(NC(=O)c2ccc3c(=O)n(C4CCCCC4)c(SCc4cccc([N+](=O)[O-])c4)nc3c2)cc1OC. The van der Waals surface area contributed by atoms with Gasteiger partial charge in [0.05, 0.1) is 30.0 Å². The average molecular weight is 575 g/mol. The van der Waals surface area contributed by atoms with E-state index in [4.69, 9.17) is 14.5 Å². The number of thioether (sulfide) groups is 1. The molecule has 212 valence electrons. The van der Waals surface area contributed by atoms with Crippen molar-refractivity contribution in [3.63, 3.8) is 0 Å². The van der Waals surface area contributed by atoms with E-state index in [1.54, 1.807) is 47.0 Å². The van der Waals surface area contributed by atoms with Gasteiger partial charge in [0.25, 0.3) is 17.2 Å². The molecule has 1 heterocycles. The summed E-state index contributed by atoms with van der Waals surface area (Å²) in [6.45, 7) is 0. The first-order chi connectivity index (χ1) is 19.9. The van der Waals surface area contributed by atoms with Gasteiger partial charge in [-0.25, -0.2) is 4.98 Å². The highest BCUT2D eigenvalue weighted by molar-refractivity contribution is 7.98. The Morgan fingerprint density at radius 1 is 1.05 bits per heavy atom. The monoisotopic (exact) mass is 574 g/mol. The molecule has 1 fully saturated rings. The van der Waals surface area contributed by atoms with Gasteiger partial charge in [0.2, 0.25) is 0 Å². The van der Waals surface area contributed by atoms with Crippen molar-refractivity contribution in [2.75, 3.05) is 19.5 Å². The summed E-state index contributed by atoms with van der Waals surface area (Å²) in [6.07, 6.45) is 5.01. The molecule has 0 aliphatic heterocycles. The van der Waals surface area contributed by atoms with Crippen molar-refractivity contribution in [3.8, 4) is 11.5 Å². The highest BCUT2D eigenvalue weighted by atomic mass is 32.2. The van der Waals surface area contributed by atoms with Crippen LogP contribution in [0.15, 0.2) is 70.6 Å². The minimum atomic E-state index is -0.422. The zero-order chi connectivity index (χ0) is 28.9. The number of carbonyl (C=O) groups is 1. The van der Waals surface area contributed by atoms with Gasteiger partial charge in [-0.05, 0) is 48.7 Å². The van der Waals surface area contributed by atoms with Crippen LogP contribution in [-0.2, 0) is 5.75 Å². The van der Waals surface area contributed by atoms with Gasteiger partial charge in [0, 0.05) is 41.2 Å². The quantitative estimate of drug-likeness (QED) is 0.106. The number of fused-ring (bicyclic) bond motifs is 1. The third kappa shape index (κ3) is 6.19. The van der Waals surface area contributed by atoms with Gasteiger partial charge in [0.1, 0.15) is 0 Å². The van der Waals surface area contributed by atoms with Gasteiger partial charge >= 0.3 is 0 Å². The van der Waals surface area contributed by atoms with Gasteiger partial charge in [-0.15, -0.1) is 0 Å². The molecular formula is C30H30N4O6S. The molecule has 1 amide bonds. The first kappa shape index (κ1) is 28.2. The van der Waals surface area contributed by atoms with Gasteiger partial charge < -0.3 is 14.8 Å². The third-order valence-electron chi connectivity index (χ3n) is 7.20. The van der Waals surface area contributed by atoms with E-state index in [1.165, 1.54) is 38.1 Å². The van der Waals surface area contributed by atoms with Crippen LogP contribution in [0.5, 0.6) is 11.5 Å². The number of rotatable bonds is 9. The van der Waals surface area contributed by atoms with Crippen LogP contribution in [0.2, 0.25) is 0 Å². The van der Waals surface area contributed by atoms with Crippen LogP contribution in [0.4, 0.5) is 11.4 Å². The molecule has 1 aliphatic carbocycles. The largest absolute Gasteiger partial charge is 0.493 e. The van der Waals surface area contributed by atoms with Crippen LogP contribution in [-0.4, -0.2) is 34.6 Å². The molecule has 0 saturated heterocycles. The van der Waals surface area contributed by atoms with Crippen molar-refractivity contribution in [1.29, 1.82) is 0 Å². The molecule has 10 nitrogen and oxygen atoms in total. The first-order valence-corrected chi connectivity index (χ1v) is 14.3. The standard InChI is InChI=1S/C30H30N4O6S/c1-39-26-14-12-21(17-27(26)40-2)31-28(35)20-11-13-24-25(16-20)32-30(33(29(24)36)22-8-4-3-5-9-22)41-18-19-7-6-10-23(15-19)34(37)38/h6-7,10-17,22H,3-5,8-9,18H2,1-2H3,(H,31,35). The Balaban J connectivity index is 1.48. The summed E-state index contributed by atoms with van der Waals surface area (Å²) in [5, 5.41) is 15.1. The van der Waals surface area contributed by atoms with Crippen molar-refractivity contribution in [2.45, 2.75) is 49.1 Å². The second-order valence-corrected chi connectivity index (χ2v) is 10.8. The normalized spacial score (nSPS) is 13.6. The molecule has 0 unspecified atom stereocenters. The van der Waals surface area contributed by atoms with Crippen molar-refractivity contribution < 1.29 is 19.2 Å². The topological polar surface area (TPSA) is 126 Å². The minimum Gasteiger partial charge on any atom is -0.493 e. The summed E-state index contributed by atoms with van der Waals surface area (Å²) in [5.74, 6) is 1.08. The van der Waals surface area contributed by atoms with Crippen LogP contribution in [0.1, 0.15) is 54.1 Å². The van der Waals surface area contributed by atoms with Crippen molar-refractivity contribution in [1.82, 2.24) is 9.55 Å². The first-order valence-electron chi connectivity index (χ1n) is 13.3. The van der Waals surface area contributed by atoms with Crippen molar-refractivity contribution in [2.24, 2.45) is 0 Å². The zero-order valence-electron chi connectivity index (χ0n) is 22.8. The third-order valence-corrected chi connectivity index (χ3v) is 8.23. The molecule has 41 heavy (non-hydrogen) atoms. The van der Waals surface area contributed by atoms with Crippen LogP contribution < -0.4 is 20.3 Å². The second kappa shape index (κ2) is 12.4. The molecule has 11 heteroatoms. The molecule has 1 N–H and O–H groups in total. The molecule has 0 radical (unpaired) electrons. The van der Waals surface area contributed by atoms with Crippen LogP contribution in [0.25, 0.3) is 10.9 Å². The number of amides is 1. The van der Waals surface area contributed by atoms with Crippen LogP contribution >= 0.6 is 11.8 Å². The van der Waals surface area contributed by atoms with E-state index in [1.807, 2.05) is 6.07 Å². The number of benzene rings is 3. The minimum absolute atomic E-state index is 0.0179. The summed E-state index contributed by atoms with van der Waals surface area (Å²) in [6, 6.07) is 16.5. The number of nitro benzene ring substituents is 1. The number of nitrogens with one attached hydrogen (secondary N) is 1. The predicted octanol–water partition coefficient (Wildman–Crippen LogP) is 6.37. The van der Waals surface area contributed by atoms with Crippen LogP contribution in [0, 0.1) is 10.1 Å². The number of nitro groups is 1. The number of hydrogen-bond donors (Lipinski definition) is 1. The molecule has 3 aromatic carbocycles. The smallest absolute Gasteiger partial charge is 0.269 e. The van der Waals surface area contributed by atoms with E-state index in [-0.39, 0.29) is 23.2 Å². The number of ether oxygens (including phenoxy) is 2. The lowest BCUT2D eigenvalue weighted by atomic mass is 9.95. The molecular weight excluding hydrogens is 544 g/mol. The van der Waals surface area contributed by atoms with Crippen molar-refractivity contribution in [3.05, 3.63) is 92.3 Å². The zero-order valence-corrected chi connectivity index (χ0v) is 23.6. The van der Waals surface area contributed by atoms with Gasteiger partial charge in [-0.2, -0.15) is 0 Å². The van der Waals surface area contributed by atoms with E-state index in [0.717, 1.165) is 37.7 Å². The maximum Gasteiger partial charge on any atom is 0.269 e. The lowest BCUT2D eigenvalue weighted by Crippen LogP contribution is -2.29. The van der Waals surface area contributed by atoms with Gasteiger partial charge in [-0.1, -0.05) is 43.2 Å². The summed E-state index contributed by atoms with van der Waals surface area (Å²) in [4.78, 5) is 42.6. The molecule has 0 bridgehead atoms. The highest BCUT2D eigenvalue weighted by Gasteiger charge is 2.23. The Hall–Kier alpha value is -4.38. The number of non-ortho nitro benzene ring substituents is 1. The Bertz CT molecular complexity index is 1670. The number of anilines is 1. The van der Waals surface area contributed by atoms with E-state index >= 15 is 0 Å². The summed E-state index contributed by atoms with van der Waals surface area (Å²) in [7, 11) is 3.06. The molecule has 1 aliphatic rings. The maximum absolute atomic E-state index is 13.8. The predicted molar refractivity (Wildman–Crippen MR) is 158 cm³/mol. The van der Waals surface area contributed by atoms with E-state index in [9.17, 15) is 19.7 Å². The molecule has 0 atom stereocenters. The van der Waals surface area contributed by atoms with Gasteiger partial charge in [-0.3, -0.25) is 24.3 Å². The Kier molecular flexibility index (Phi) is 8.53. The van der Waals surface area contributed by atoms with Crippen LogP contribution in [0.3, 0.4) is 0 Å². The summed E-state index contributed by atoms with van der Waals surface area (Å²) >= 11 is 1.37. The lowest BCUT2D eigenvalue weighted by molar-refractivity contribution is -0.384. The number of methoxy groups -OCH3 is 2. The molecule has 1 saturated carbocycles. The average Bonchev–Trinajstić information content (AvgIpc) is 3.00. The maximum atomic E-state index is 13.8. The van der Waals surface area contributed by atoms with Gasteiger partial charge in [0.15, 0.2) is 16.7 Å². The second-order valence-electron chi connectivity index (χ2n) is 9.83. The molecule has 0 spiro atoms. The lowest BCUT2D eigenvalue weighted by Gasteiger charge is -2.26. The van der Waals surface area contributed by atoms with E-state index in [0.29, 0.717) is 44.6 Å². The molecule has 5 rings (SSSR count). The Morgan fingerprint density at radius 3 is 2.56 bits per heavy atom. The Morgan fingerprint density at radius 2 is 1.83 bits per heavy atom. The van der Waals surface area contributed by atoms with E-state index < -0.39 is 4.92 Å². The number of carbonyl (C=O) groups excluding carboxylic acids is 1. The fourth-order valence-corrected chi connectivity index (χ4v) is 6.12. The fraction of sp³-hybridized carbons (Fsp3) is 0.300. The summed E-state index contributed by atoms with van der Waals surface area (Å²) in [5.41, 5.74) is 1.94. The fourth-order valence-electron chi connectivity index (χ4n) is 5.11. The number of hydrogen-bond acceptors (Lipinski definition) is 8. The van der Waals surface area contributed by atoms with Crippen molar-refractivity contribution >= 4 is 39.9 Å². The summed E-state index contributed by atoms with van der Waals surface area (Å²) < 4.78 is 12.4. The Labute approximate surface area is 240 Å². The highest BCUT2D eigenvalue weighted by Crippen LogP contribution is 2.33.